The van der Waals surface area contributed by atoms with Crippen LogP contribution in [0, 0.1) is 6.92 Å². The molecule has 1 heterocycles. The van der Waals surface area contributed by atoms with Crippen LogP contribution >= 0.6 is 0 Å². The summed E-state index contributed by atoms with van der Waals surface area (Å²) in [5.74, 6) is -0.615. The Hall–Kier alpha value is -3.70. The van der Waals surface area contributed by atoms with E-state index < -0.39 is 11.5 Å². The number of hydrogen-bond acceptors (Lipinski definition) is 4. The molecule has 0 atom stereocenters. The molecule has 0 spiro atoms. The lowest BCUT2D eigenvalue weighted by atomic mass is 9.85. The van der Waals surface area contributed by atoms with Gasteiger partial charge >= 0.3 is 0 Å². The average molecular weight is 482 g/mol. The number of carbonyl (C=O) groups is 1. The number of fused-ring (bicyclic) bond motifs is 1. The van der Waals surface area contributed by atoms with Crippen molar-refractivity contribution in [3.05, 3.63) is 107 Å². The van der Waals surface area contributed by atoms with Gasteiger partial charge in [-0.3, -0.25) is 4.79 Å². The van der Waals surface area contributed by atoms with Gasteiger partial charge in [-0.05, 0) is 81.5 Å². The maximum absolute atomic E-state index is 13.3. The van der Waals surface area contributed by atoms with Crippen LogP contribution in [0.5, 0.6) is 0 Å². The molecule has 5 nitrogen and oxygen atoms in total. The van der Waals surface area contributed by atoms with E-state index in [1.807, 2.05) is 19.1 Å². The molecule has 4 rings (SSSR count). The van der Waals surface area contributed by atoms with E-state index >= 15 is 0 Å². The molecular weight excluding hydrogens is 446 g/mol. The van der Waals surface area contributed by atoms with Gasteiger partial charge in [-0.25, -0.2) is 5.43 Å². The van der Waals surface area contributed by atoms with Gasteiger partial charge in [-0.2, -0.15) is 5.10 Å². The zero-order chi connectivity index (χ0) is 26.1. The highest BCUT2D eigenvalue weighted by Crippen LogP contribution is 2.41. The number of hydrogen-bond donors (Lipinski definition) is 2. The van der Waals surface area contributed by atoms with Crippen molar-refractivity contribution in [1.82, 2.24) is 5.43 Å². The van der Waals surface area contributed by atoms with Crippen molar-refractivity contribution >= 4 is 23.4 Å². The summed E-state index contributed by atoms with van der Waals surface area (Å²) in [6, 6.07) is 22.5. The lowest BCUT2D eigenvalue weighted by Crippen LogP contribution is -2.49. The van der Waals surface area contributed by atoms with Gasteiger partial charge in [0.1, 0.15) is 0 Å². The first-order valence-electron chi connectivity index (χ1n) is 12.4. The van der Waals surface area contributed by atoms with Crippen LogP contribution < -0.4 is 10.3 Å². The van der Waals surface area contributed by atoms with E-state index in [0.29, 0.717) is 17.2 Å². The van der Waals surface area contributed by atoms with Gasteiger partial charge in [0.25, 0.3) is 5.91 Å². The molecular formula is C31H35N3O2. The number of rotatable bonds is 6. The smallest absolute Gasteiger partial charge is 0.281 e. The van der Waals surface area contributed by atoms with E-state index in [-0.39, 0.29) is 5.54 Å². The quantitative estimate of drug-likeness (QED) is 0.346. The summed E-state index contributed by atoms with van der Waals surface area (Å²) in [6.07, 6.45) is 3.95. The second-order valence-electron chi connectivity index (χ2n) is 10.3. The maximum atomic E-state index is 13.3. The third kappa shape index (κ3) is 4.59. The molecule has 0 saturated heterocycles. The highest BCUT2D eigenvalue weighted by atomic mass is 16.3. The van der Waals surface area contributed by atoms with E-state index in [1.165, 1.54) is 11.3 Å². The molecule has 3 aromatic rings. The number of anilines is 1. The molecule has 0 aliphatic carbocycles. The van der Waals surface area contributed by atoms with E-state index in [2.05, 4.69) is 68.3 Å². The molecule has 0 unspecified atom stereocenters. The summed E-state index contributed by atoms with van der Waals surface area (Å²) in [6.45, 7) is 13.1. The van der Waals surface area contributed by atoms with Crippen molar-refractivity contribution in [3.8, 4) is 0 Å². The van der Waals surface area contributed by atoms with Crippen LogP contribution in [0.3, 0.4) is 0 Å². The first-order valence-corrected chi connectivity index (χ1v) is 12.4. The Morgan fingerprint density at radius 1 is 1.00 bits per heavy atom. The Balaban J connectivity index is 1.65. The van der Waals surface area contributed by atoms with E-state index in [4.69, 9.17) is 0 Å². The molecule has 0 bridgehead atoms. The second kappa shape index (κ2) is 9.75. The molecule has 0 saturated carbocycles. The van der Waals surface area contributed by atoms with Gasteiger partial charge in [0.2, 0.25) is 0 Å². The lowest BCUT2D eigenvalue weighted by Gasteiger charge is -2.46. The third-order valence-corrected chi connectivity index (χ3v) is 6.86. The number of nitrogens with zero attached hydrogens (tertiary/aromatic N) is 2. The normalized spacial score (nSPS) is 15.1. The molecule has 0 aromatic heterocycles. The summed E-state index contributed by atoms with van der Waals surface area (Å²) in [5, 5.41) is 15.9. The van der Waals surface area contributed by atoms with Crippen molar-refractivity contribution in [3.63, 3.8) is 0 Å². The SMILES string of the molecule is CC1=CC(C)(C)N(C(C)C)c2cc(C)c(/C=N/NC(=O)C(O)(c3ccccc3)c3ccccc3)cc21. The number of amides is 1. The Labute approximate surface area is 214 Å². The minimum atomic E-state index is -1.87. The Morgan fingerprint density at radius 2 is 1.56 bits per heavy atom. The van der Waals surface area contributed by atoms with Crippen molar-refractivity contribution in [2.24, 2.45) is 5.10 Å². The minimum absolute atomic E-state index is 0.0827. The number of nitrogens with one attached hydrogen (secondary N) is 1. The molecule has 5 heteroatoms. The molecule has 1 amide bonds. The minimum Gasteiger partial charge on any atom is -0.372 e. The number of benzene rings is 3. The highest BCUT2D eigenvalue weighted by Gasteiger charge is 2.40. The van der Waals surface area contributed by atoms with Gasteiger partial charge in [0, 0.05) is 17.3 Å². The van der Waals surface area contributed by atoms with Crippen molar-refractivity contribution in [1.29, 1.82) is 0 Å². The molecule has 186 valence electrons. The Morgan fingerprint density at radius 3 is 2.08 bits per heavy atom. The second-order valence-corrected chi connectivity index (χ2v) is 10.3. The number of hydrazone groups is 1. The zero-order valence-corrected chi connectivity index (χ0v) is 21.9. The lowest BCUT2D eigenvalue weighted by molar-refractivity contribution is -0.136. The van der Waals surface area contributed by atoms with Crippen LogP contribution in [0.15, 0.2) is 84.0 Å². The summed E-state index contributed by atoms with van der Waals surface area (Å²) < 4.78 is 0. The first-order chi connectivity index (χ1) is 17.1. The van der Waals surface area contributed by atoms with Crippen LogP contribution in [0.1, 0.15) is 62.4 Å². The Bertz CT molecular complexity index is 1270. The first kappa shape index (κ1) is 25.4. The topological polar surface area (TPSA) is 64.9 Å². The third-order valence-electron chi connectivity index (χ3n) is 6.86. The standard InChI is InChI=1S/C31H35N3O2/c1-21(2)34-28-17-22(3)24(18-27(28)23(4)19-30(34,5)6)20-32-33-29(35)31(36,25-13-9-7-10-14-25)26-15-11-8-12-16-26/h7-21,36H,1-6H3,(H,33,35)/b32-20+. The van der Waals surface area contributed by atoms with E-state index in [0.717, 1.165) is 16.7 Å². The van der Waals surface area contributed by atoms with Gasteiger partial charge < -0.3 is 10.0 Å². The number of allylic oxidation sites excluding steroid dienone is 1. The fourth-order valence-corrected chi connectivity index (χ4v) is 5.32. The highest BCUT2D eigenvalue weighted by molar-refractivity contribution is 5.93. The van der Waals surface area contributed by atoms with Crippen LogP contribution in [0.4, 0.5) is 5.69 Å². The monoisotopic (exact) mass is 481 g/mol. The summed E-state index contributed by atoms with van der Waals surface area (Å²) in [4.78, 5) is 15.8. The van der Waals surface area contributed by atoms with Gasteiger partial charge in [0.05, 0.1) is 11.8 Å². The maximum Gasteiger partial charge on any atom is 0.281 e. The largest absolute Gasteiger partial charge is 0.372 e. The van der Waals surface area contributed by atoms with Crippen molar-refractivity contribution in [2.75, 3.05) is 4.90 Å². The van der Waals surface area contributed by atoms with E-state index in [9.17, 15) is 9.90 Å². The summed E-state index contributed by atoms with van der Waals surface area (Å²) in [7, 11) is 0. The zero-order valence-electron chi connectivity index (χ0n) is 21.9. The van der Waals surface area contributed by atoms with Gasteiger partial charge in [-0.1, -0.05) is 66.7 Å². The van der Waals surface area contributed by atoms with Crippen LogP contribution in [-0.2, 0) is 10.4 Å². The van der Waals surface area contributed by atoms with Crippen molar-refractivity contribution in [2.45, 2.75) is 58.7 Å². The molecule has 36 heavy (non-hydrogen) atoms. The predicted octanol–water partition coefficient (Wildman–Crippen LogP) is 5.79. The Kier molecular flexibility index (Phi) is 6.87. The van der Waals surface area contributed by atoms with Crippen LogP contribution in [0.25, 0.3) is 5.57 Å². The van der Waals surface area contributed by atoms with Crippen LogP contribution in [-0.4, -0.2) is 28.8 Å². The van der Waals surface area contributed by atoms with E-state index in [1.54, 1.807) is 54.7 Å². The molecule has 3 aromatic carbocycles. The average Bonchev–Trinajstić information content (AvgIpc) is 2.84. The van der Waals surface area contributed by atoms with Gasteiger partial charge in [0.15, 0.2) is 5.60 Å². The molecule has 0 radical (unpaired) electrons. The van der Waals surface area contributed by atoms with Gasteiger partial charge in [-0.15, -0.1) is 0 Å². The molecule has 0 fully saturated rings. The molecule has 2 N–H and O–H groups in total. The fraction of sp³-hybridized carbons (Fsp3) is 0.290. The molecule has 1 aliphatic rings. The number of aryl methyl sites for hydroxylation is 1. The van der Waals surface area contributed by atoms with Crippen LogP contribution in [0.2, 0.25) is 0 Å². The fourth-order valence-electron chi connectivity index (χ4n) is 5.32. The van der Waals surface area contributed by atoms with Crippen molar-refractivity contribution < 1.29 is 9.90 Å². The predicted molar refractivity (Wildman–Crippen MR) is 148 cm³/mol. The summed E-state index contributed by atoms with van der Waals surface area (Å²) >= 11 is 0. The molecule has 1 aliphatic heterocycles. The summed E-state index contributed by atoms with van der Waals surface area (Å²) in [5.41, 5.74) is 7.14. The number of aliphatic hydroxyl groups is 1. The number of carbonyl (C=O) groups excluding carboxylic acids is 1.